The molecule has 0 amide bonds. The van der Waals surface area contributed by atoms with E-state index in [0.29, 0.717) is 12.2 Å². The van der Waals surface area contributed by atoms with Gasteiger partial charge in [0, 0.05) is 5.56 Å². The highest BCUT2D eigenvalue weighted by atomic mass is 16.5. The minimum absolute atomic E-state index is 0.180. The van der Waals surface area contributed by atoms with Crippen molar-refractivity contribution in [3.8, 4) is 0 Å². The van der Waals surface area contributed by atoms with Crippen molar-refractivity contribution in [3.05, 3.63) is 35.4 Å². The summed E-state index contributed by atoms with van der Waals surface area (Å²) in [6, 6.07) is 7.33. The lowest BCUT2D eigenvalue weighted by molar-refractivity contribution is -0.141. The van der Waals surface area contributed by atoms with E-state index in [1.54, 1.807) is 13.0 Å². The molecule has 1 rings (SSSR count). The number of benzene rings is 1. The summed E-state index contributed by atoms with van der Waals surface area (Å²) in [7, 11) is 0. The minimum atomic E-state index is -0.464. The number of carbonyl (C=O) groups is 2. The Hall–Kier alpha value is -1.64. The zero-order valence-electron chi connectivity index (χ0n) is 9.66. The first-order valence-corrected chi connectivity index (χ1v) is 5.45. The van der Waals surface area contributed by atoms with Crippen LogP contribution < -0.4 is 0 Å². The van der Waals surface area contributed by atoms with Crippen molar-refractivity contribution < 1.29 is 14.3 Å². The molecule has 0 fully saturated rings. The summed E-state index contributed by atoms with van der Waals surface area (Å²) in [6.07, 6.45) is 0.696. The summed E-state index contributed by atoms with van der Waals surface area (Å²) >= 11 is 0. The van der Waals surface area contributed by atoms with Gasteiger partial charge in [0.1, 0.15) is 6.42 Å². The summed E-state index contributed by atoms with van der Waals surface area (Å²) < 4.78 is 4.73. The van der Waals surface area contributed by atoms with Crippen LogP contribution in [-0.4, -0.2) is 18.4 Å². The van der Waals surface area contributed by atoms with Crippen molar-refractivity contribution in [2.45, 2.75) is 26.7 Å². The first-order valence-electron chi connectivity index (χ1n) is 5.45. The lowest BCUT2D eigenvalue weighted by Crippen LogP contribution is -2.11. The van der Waals surface area contributed by atoms with Gasteiger partial charge in [-0.05, 0) is 25.0 Å². The van der Waals surface area contributed by atoms with Crippen LogP contribution in [-0.2, 0) is 16.0 Å². The summed E-state index contributed by atoms with van der Waals surface area (Å²) in [6.45, 7) is 4.05. The van der Waals surface area contributed by atoms with E-state index in [9.17, 15) is 9.59 Å². The largest absolute Gasteiger partial charge is 0.466 e. The van der Waals surface area contributed by atoms with Crippen LogP contribution in [0.1, 0.15) is 36.2 Å². The number of rotatable bonds is 5. The number of Topliss-reactive ketones (excluding diaryl/α,β-unsaturated/α-hetero) is 1. The van der Waals surface area contributed by atoms with Crippen LogP contribution in [0, 0.1) is 0 Å². The van der Waals surface area contributed by atoms with Crippen LogP contribution in [0.4, 0.5) is 0 Å². The maximum atomic E-state index is 11.7. The van der Waals surface area contributed by atoms with Crippen molar-refractivity contribution in [2.24, 2.45) is 0 Å². The van der Waals surface area contributed by atoms with Gasteiger partial charge in [0.05, 0.1) is 6.61 Å². The van der Waals surface area contributed by atoms with Crippen LogP contribution in [0.5, 0.6) is 0 Å². The summed E-state index contributed by atoms with van der Waals surface area (Å²) in [5, 5.41) is 0. The molecule has 0 bridgehead atoms. The SMILES string of the molecule is CCOC(=O)CC(=O)c1cccc(CC)c1. The van der Waals surface area contributed by atoms with Crippen LogP contribution >= 0.6 is 0 Å². The third-order valence-electron chi connectivity index (χ3n) is 2.27. The number of aryl methyl sites for hydroxylation is 1. The molecule has 3 nitrogen and oxygen atoms in total. The zero-order chi connectivity index (χ0) is 12.0. The monoisotopic (exact) mass is 220 g/mol. The molecule has 0 saturated carbocycles. The topological polar surface area (TPSA) is 43.4 Å². The lowest BCUT2D eigenvalue weighted by atomic mass is 10.0. The Balaban J connectivity index is 2.69. The summed E-state index contributed by atoms with van der Waals surface area (Å²) in [5.74, 6) is -0.650. The fourth-order valence-electron chi connectivity index (χ4n) is 1.41. The van der Waals surface area contributed by atoms with Gasteiger partial charge >= 0.3 is 5.97 Å². The molecule has 86 valence electrons. The van der Waals surface area contributed by atoms with Crippen molar-refractivity contribution >= 4 is 11.8 Å². The Morgan fingerprint density at radius 3 is 2.62 bits per heavy atom. The molecule has 16 heavy (non-hydrogen) atoms. The van der Waals surface area contributed by atoms with Crippen molar-refractivity contribution in [1.82, 2.24) is 0 Å². The average molecular weight is 220 g/mol. The van der Waals surface area contributed by atoms with Gasteiger partial charge in [0.15, 0.2) is 5.78 Å². The Morgan fingerprint density at radius 2 is 2.00 bits per heavy atom. The second kappa shape index (κ2) is 6.05. The molecule has 0 heterocycles. The lowest BCUT2D eigenvalue weighted by Gasteiger charge is -2.03. The smallest absolute Gasteiger partial charge is 0.313 e. The van der Waals surface area contributed by atoms with E-state index in [1.165, 1.54) is 0 Å². The molecule has 0 aliphatic rings. The molecule has 0 radical (unpaired) electrons. The van der Waals surface area contributed by atoms with Gasteiger partial charge < -0.3 is 4.74 Å². The van der Waals surface area contributed by atoms with E-state index >= 15 is 0 Å². The third kappa shape index (κ3) is 3.50. The molecule has 0 aliphatic heterocycles. The number of esters is 1. The number of ether oxygens (including phenoxy) is 1. The molecule has 0 aliphatic carbocycles. The second-order valence-corrected chi connectivity index (χ2v) is 3.46. The predicted molar refractivity (Wildman–Crippen MR) is 61.4 cm³/mol. The van der Waals surface area contributed by atoms with Crippen LogP contribution in [0.3, 0.4) is 0 Å². The summed E-state index contributed by atoms with van der Waals surface area (Å²) in [5.41, 5.74) is 1.67. The number of hydrogen-bond acceptors (Lipinski definition) is 3. The highest BCUT2D eigenvalue weighted by molar-refractivity contribution is 6.06. The first-order chi connectivity index (χ1) is 7.67. The highest BCUT2D eigenvalue weighted by Gasteiger charge is 2.12. The van der Waals surface area contributed by atoms with E-state index in [-0.39, 0.29) is 12.2 Å². The van der Waals surface area contributed by atoms with Gasteiger partial charge in [-0.2, -0.15) is 0 Å². The highest BCUT2D eigenvalue weighted by Crippen LogP contribution is 2.08. The molecule has 0 saturated heterocycles. The first kappa shape index (κ1) is 12.4. The molecular formula is C13H16O3. The van der Waals surface area contributed by atoms with Crippen molar-refractivity contribution in [2.75, 3.05) is 6.61 Å². The zero-order valence-corrected chi connectivity index (χ0v) is 9.66. The van der Waals surface area contributed by atoms with Gasteiger partial charge in [-0.25, -0.2) is 0 Å². The summed E-state index contributed by atoms with van der Waals surface area (Å²) in [4.78, 5) is 22.8. The molecular weight excluding hydrogens is 204 g/mol. The Morgan fingerprint density at radius 1 is 1.25 bits per heavy atom. The fraction of sp³-hybridized carbons (Fsp3) is 0.385. The van der Waals surface area contributed by atoms with E-state index in [4.69, 9.17) is 4.74 Å². The van der Waals surface area contributed by atoms with Crippen molar-refractivity contribution in [3.63, 3.8) is 0 Å². The number of hydrogen-bond donors (Lipinski definition) is 0. The Kier molecular flexibility index (Phi) is 4.70. The van der Waals surface area contributed by atoms with Crippen LogP contribution in [0.15, 0.2) is 24.3 Å². The number of ketones is 1. The van der Waals surface area contributed by atoms with Crippen LogP contribution in [0.25, 0.3) is 0 Å². The van der Waals surface area contributed by atoms with Crippen molar-refractivity contribution in [1.29, 1.82) is 0 Å². The van der Waals surface area contributed by atoms with Gasteiger partial charge in [0.25, 0.3) is 0 Å². The van der Waals surface area contributed by atoms with E-state index in [2.05, 4.69) is 0 Å². The third-order valence-corrected chi connectivity index (χ3v) is 2.27. The second-order valence-electron chi connectivity index (χ2n) is 3.46. The fourth-order valence-corrected chi connectivity index (χ4v) is 1.41. The maximum Gasteiger partial charge on any atom is 0.313 e. The normalized spacial score (nSPS) is 9.88. The van der Waals surface area contributed by atoms with Crippen LogP contribution in [0.2, 0.25) is 0 Å². The van der Waals surface area contributed by atoms with Gasteiger partial charge in [0.2, 0.25) is 0 Å². The van der Waals surface area contributed by atoms with E-state index in [1.807, 2.05) is 25.1 Å². The minimum Gasteiger partial charge on any atom is -0.466 e. The van der Waals surface area contributed by atoms with E-state index in [0.717, 1.165) is 12.0 Å². The Bertz CT molecular complexity index is 383. The average Bonchev–Trinajstić information content (AvgIpc) is 2.29. The molecule has 0 atom stereocenters. The predicted octanol–water partition coefficient (Wildman–Crippen LogP) is 2.38. The Labute approximate surface area is 95.4 Å². The molecule has 3 heteroatoms. The quantitative estimate of drug-likeness (QED) is 0.434. The van der Waals surface area contributed by atoms with Gasteiger partial charge in [-0.3, -0.25) is 9.59 Å². The number of carbonyl (C=O) groups excluding carboxylic acids is 2. The van der Waals surface area contributed by atoms with Gasteiger partial charge in [-0.1, -0.05) is 25.1 Å². The molecule has 1 aromatic rings. The maximum absolute atomic E-state index is 11.7. The molecule has 1 aromatic carbocycles. The van der Waals surface area contributed by atoms with Gasteiger partial charge in [-0.15, -0.1) is 0 Å². The molecule has 0 N–H and O–H groups in total. The molecule has 0 unspecified atom stereocenters. The van der Waals surface area contributed by atoms with E-state index < -0.39 is 5.97 Å². The molecule has 0 spiro atoms. The molecule has 0 aromatic heterocycles. The standard InChI is InChI=1S/C13H16O3/c1-3-10-6-5-7-11(8-10)12(14)9-13(15)16-4-2/h5-8H,3-4,9H2,1-2H3.